The Labute approximate surface area is 157 Å². The van der Waals surface area contributed by atoms with Crippen molar-refractivity contribution in [1.82, 2.24) is 4.98 Å². The van der Waals surface area contributed by atoms with Crippen molar-refractivity contribution in [2.24, 2.45) is 0 Å². The van der Waals surface area contributed by atoms with Gasteiger partial charge in [0.15, 0.2) is 5.78 Å². The van der Waals surface area contributed by atoms with Gasteiger partial charge in [-0.05, 0) is 43.0 Å². The molecule has 1 heterocycles. The number of aryl methyl sites for hydroxylation is 2. The maximum atomic E-state index is 13.4. The number of nitrogens with zero attached hydrogens (tertiary/aromatic N) is 1. The Balaban J connectivity index is 1.78. The van der Waals surface area contributed by atoms with Crippen LogP contribution in [0.3, 0.4) is 0 Å². The van der Waals surface area contributed by atoms with Crippen LogP contribution >= 0.6 is 0 Å². The molecule has 27 heavy (non-hydrogen) atoms. The van der Waals surface area contributed by atoms with Crippen molar-refractivity contribution in [3.05, 3.63) is 89.1 Å². The summed E-state index contributed by atoms with van der Waals surface area (Å²) in [4.78, 5) is 18.0. The van der Waals surface area contributed by atoms with Gasteiger partial charge in [-0.25, -0.2) is 0 Å². The van der Waals surface area contributed by atoms with Crippen LogP contribution in [-0.4, -0.2) is 10.8 Å². The van der Waals surface area contributed by atoms with E-state index in [1.165, 1.54) is 5.56 Å². The molecule has 0 aliphatic heterocycles. The summed E-state index contributed by atoms with van der Waals surface area (Å²) in [6.07, 6.45) is 1.81. The fraction of sp³-hybridized carbons (Fsp3) is 0.0833. The summed E-state index contributed by atoms with van der Waals surface area (Å²) in [7, 11) is 0. The molecule has 3 aromatic carbocycles. The smallest absolute Gasteiger partial charge is 0.196 e. The predicted octanol–water partition coefficient (Wildman–Crippen LogP) is 5.81. The number of benzene rings is 3. The number of fused-ring (bicyclic) bond motifs is 2. The molecule has 5 rings (SSSR count). The molecule has 0 amide bonds. The van der Waals surface area contributed by atoms with Crippen molar-refractivity contribution in [2.75, 3.05) is 5.32 Å². The van der Waals surface area contributed by atoms with Crippen molar-refractivity contribution in [1.29, 1.82) is 0 Å². The standard InChI is InChI=1S/C24H18N2O/c1-14-7-9-19(15(2)13-14)26-20-10-8-16-11-12-25-23-17-5-3-4-6-18(17)24(27)22(20)21(16)23/h3-13,26H,1-2H3. The van der Waals surface area contributed by atoms with Gasteiger partial charge < -0.3 is 5.32 Å². The first kappa shape index (κ1) is 15.8. The maximum absolute atomic E-state index is 13.4. The average Bonchev–Trinajstić information content (AvgIpc) is 2.68. The number of carbonyl (C=O) groups excluding carboxylic acids is 1. The van der Waals surface area contributed by atoms with Gasteiger partial charge >= 0.3 is 0 Å². The second kappa shape index (κ2) is 5.78. The fourth-order valence-corrected chi connectivity index (χ4v) is 3.93. The lowest BCUT2D eigenvalue weighted by atomic mass is 9.84. The molecule has 4 aromatic rings. The fourth-order valence-electron chi connectivity index (χ4n) is 3.93. The highest BCUT2D eigenvalue weighted by atomic mass is 16.1. The summed E-state index contributed by atoms with van der Waals surface area (Å²) in [5.74, 6) is 0.0453. The Morgan fingerprint density at radius 2 is 1.63 bits per heavy atom. The molecule has 0 saturated heterocycles. The molecule has 0 spiro atoms. The molecule has 0 bridgehead atoms. The Morgan fingerprint density at radius 3 is 2.44 bits per heavy atom. The Bertz CT molecular complexity index is 1240. The molecular formula is C24H18N2O. The highest BCUT2D eigenvalue weighted by Crippen LogP contribution is 2.41. The van der Waals surface area contributed by atoms with Crippen LogP contribution in [-0.2, 0) is 0 Å². The van der Waals surface area contributed by atoms with Crippen molar-refractivity contribution in [3.63, 3.8) is 0 Å². The molecule has 0 unspecified atom stereocenters. The molecule has 1 N–H and O–H groups in total. The molecule has 1 aromatic heterocycles. The number of nitrogens with one attached hydrogen (secondary N) is 1. The highest BCUT2D eigenvalue weighted by Gasteiger charge is 2.28. The molecule has 3 nitrogen and oxygen atoms in total. The third-order valence-electron chi connectivity index (χ3n) is 5.24. The molecule has 1 aliphatic rings. The van der Waals surface area contributed by atoms with Crippen LogP contribution in [0, 0.1) is 13.8 Å². The first-order valence-electron chi connectivity index (χ1n) is 9.03. The van der Waals surface area contributed by atoms with Crippen LogP contribution in [0.15, 0.2) is 66.9 Å². The lowest BCUT2D eigenvalue weighted by Gasteiger charge is -2.22. The third kappa shape index (κ3) is 2.36. The third-order valence-corrected chi connectivity index (χ3v) is 5.24. The monoisotopic (exact) mass is 350 g/mol. The lowest BCUT2D eigenvalue weighted by molar-refractivity contribution is 0.104. The van der Waals surface area contributed by atoms with Gasteiger partial charge in [0.05, 0.1) is 16.9 Å². The number of pyridine rings is 1. The summed E-state index contributed by atoms with van der Waals surface area (Å²) >= 11 is 0. The number of rotatable bonds is 2. The minimum Gasteiger partial charge on any atom is -0.355 e. The van der Waals surface area contributed by atoms with Gasteiger partial charge in [0, 0.05) is 28.4 Å². The van der Waals surface area contributed by atoms with E-state index in [0.29, 0.717) is 11.1 Å². The summed E-state index contributed by atoms with van der Waals surface area (Å²) in [5.41, 5.74) is 7.39. The van der Waals surface area contributed by atoms with E-state index in [-0.39, 0.29) is 5.78 Å². The number of ketones is 1. The number of anilines is 2. The topological polar surface area (TPSA) is 42.0 Å². The first-order chi connectivity index (χ1) is 13.1. The summed E-state index contributed by atoms with van der Waals surface area (Å²) < 4.78 is 0. The van der Waals surface area contributed by atoms with Crippen LogP contribution in [0.2, 0.25) is 0 Å². The van der Waals surface area contributed by atoms with E-state index in [1.54, 1.807) is 0 Å². The van der Waals surface area contributed by atoms with Crippen molar-refractivity contribution >= 4 is 27.9 Å². The Morgan fingerprint density at radius 1 is 0.852 bits per heavy atom. The molecular weight excluding hydrogens is 332 g/mol. The lowest BCUT2D eigenvalue weighted by Crippen LogP contribution is -2.13. The minimum atomic E-state index is 0.0453. The zero-order valence-corrected chi connectivity index (χ0v) is 15.2. The van der Waals surface area contributed by atoms with E-state index in [9.17, 15) is 4.79 Å². The molecule has 0 radical (unpaired) electrons. The van der Waals surface area contributed by atoms with E-state index in [2.05, 4.69) is 48.4 Å². The van der Waals surface area contributed by atoms with Crippen molar-refractivity contribution in [2.45, 2.75) is 13.8 Å². The molecule has 0 saturated carbocycles. The zero-order valence-electron chi connectivity index (χ0n) is 15.2. The van der Waals surface area contributed by atoms with Gasteiger partial charge in [-0.1, -0.05) is 48.0 Å². The Kier molecular flexibility index (Phi) is 3.37. The average molecular weight is 350 g/mol. The molecule has 0 atom stereocenters. The predicted molar refractivity (Wildman–Crippen MR) is 110 cm³/mol. The molecule has 130 valence electrons. The van der Waals surface area contributed by atoms with Gasteiger partial charge in [-0.15, -0.1) is 0 Å². The number of hydrogen-bond acceptors (Lipinski definition) is 3. The zero-order chi connectivity index (χ0) is 18.5. The number of aromatic nitrogens is 1. The van der Waals surface area contributed by atoms with Gasteiger partial charge in [0.2, 0.25) is 0 Å². The summed E-state index contributed by atoms with van der Waals surface area (Å²) in [6, 6.07) is 20.0. The second-order valence-corrected chi connectivity index (χ2v) is 7.06. The van der Waals surface area contributed by atoms with Gasteiger partial charge in [-0.3, -0.25) is 9.78 Å². The van der Waals surface area contributed by atoms with Gasteiger partial charge in [-0.2, -0.15) is 0 Å². The number of hydrogen-bond donors (Lipinski definition) is 1. The van der Waals surface area contributed by atoms with Gasteiger partial charge in [0.25, 0.3) is 0 Å². The van der Waals surface area contributed by atoms with E-state index in [0.717, 1.165) is 39.0 Å². The van der Waals surface area contributed by atoms with Crippen LogP contribution < -0.4 is 5.32 Å². The largest absolute Gasteiger partial charge is 0.355 e. The van der Waals surface area contributed by atoms with E-state index in [4.69, 9.17) is 0 Å². The van der Waals surface area contributed by atoms with E-state index in [1.807, 2.05) is 42.6 Å². The first-order valence-corrected chi connectivity index (χ1v) is 9.03. The van der Waals surface area contributed by atoms with Crippen LogP contribution in [0.4, 0.5) is 11.4 Å². The highest BCUT2D eigenvalue weighted by molar-refractivity contribution is 6.28. The normalized spacial score (nSPS) is 12.1. The second-order valence-electron chi connectivity index (χ2n) is 7.06. The molecule has 3 heteroatoms. The minimum absolute atomic E-state index is 0.0453. The molecule has 1 aliphatic carbocycles. The van der Waals surface area contributed by atoms with Crippen molar-refractivity contribution < 1.29 is 4.79 Å². The Hall–Kier alpha value is -3.46. The summed E-state index contributed by atoms with van der Waals surface area (Å²) in [6.45, 7) is 4.15. The SMILES string of the molecule is Cc1ccc(Nc2ccc3ccnc4c3c2C(=O)c2ccccc2-4)c(C)c1. The van der Waals surface area contributed by atoms with E-state index >= 15 is 0 Å². The quantitative estimate of drug-likeness (QED) is 0.437. The number of carbonyl (C=O) groups is 1. The van der Waals surface area contributed by atoms with Crippen molar-refractivity contribution in [3.8, 4) is 11.3 Å². The van der Waals surface area contributed by atoms with Crippen LogP contribution in [0.25, 0.3) is 22.0 Å². The van der Waals surface area contributed by atoms with E-state index < -0.39 is 0 Å². The van der Waals surface area contributed by atoms with Crippen LogP contribution in [0.1, 0.15) is 27.0 Å². The summed E-state index contributed by atoms with van der Waals surface area (Å²) in [5, 5.41) is 5.44. The maximum Gasteiger partial charge on any atom is 0.196 e. The van der Waals surface area contributed by atoms with Gasteiger partial charge in [0.1, 0.15) is 0 Å². The molecule has 0 fully saturated rings. The van der Waals surface area contributed by atoms with Crippen LogP contribution in [0.5, 0.6) is 0 Å².